The minimum atomic E-state index is -0.928. The molecular formula is C22H23BN2O3S. The van der Waals surface area contributed by atoms with Gasteiger partial charge >= 0.3 is 5.97 Å². The van der Waals surface area contributed by atoms with Gasteiger partial charge in [-0.25, -0.2) is 4.79 Å². The van der Waals surface area contributed by atoms with Crippen molar-refractivity contribution in [1.82, 2.24) is 4.57 Å². The van der Waals surface area contributed by atoms with E-state index >= 15 is 0 Å². The predicted molar refractivity (Wildman–Crippen MR) is 119 cm³/mol. The summed E-state index contributed by atoms with van der Waals surface area (Å²) in [5.74, 6) is -0.0615. The average Bonchev–Trinajstić information content (AvgIpc) is 3.38. The van der Waals surface area contributed by atoms with E-state index in [0.717, 1.165) is 34.7 Å². The first-order valence-electron chi connectivity index (χ1n) is 10.1. The molecule has 1 fully saturated rings. The van der Waals surface area contributed by atoms with Gasteiger partial charge in [-0.05, 0) is 47.9 Å². The molecule has 5 rings (SSSR count). The van der Waals surface area contributed by atoms with Crippen LogP contribution in [0.15, 0.2) is 40.2 Å². The molecule has 1 aliphatic carbocycles. The molecule has 5 nitrogen and oxygen atoms in total. The van der Waals surface area contributed by atoms with Crippen molar-refractivity contribution in [3.05, 3.63) is 62.9 Å². The van der Waals surface area contributed by atoms with Crippen molar-refractivity contribution in [3.63, 3.8) is 0 Å². The SMILES string of the molecule is BC1(C)C=Cc2cccc(Cc3cc(=O)n4c(c3C3CC3)SCC4C(=O)O)c2N1. The lowest BCUT2D eigenvalue weighted by Gasteiger charge is -2.31. The summed E-state index contributed by atoms with van der Waals surface area (Å²) >= 11 is 1.52. The number of carboxylic acid groups (broad SMARTS) is 1. The van der Waals surface area contributed by atoms with E-state index in [-0.39, 0.29) is 11.0 Å². The molecule has 2 N–H and O–H groups in total. The highest BCUT2D eigenvalue weighted by Crippen LogP contribution is 2.49. The number of hydrogen-bond acceptors (Lipinski definition) is 4. The summed E-state index contributed by atoms with van der Waals surface area (Å²) in [6.45, 7) is 2.14. The van der Waals surface area contributed by atoms with E-state index in [1.54, 1.807) is 6.07 Å². The minimum absolute atomic E-state index is 0.121. The number of aromatic nitrogens is 1. The number of benzene rings is 1. The summed E-state index contributed by atoms with van der Waals surface area (Å²) < 4.78 is 1.51. The second-order valence-electron chi connectivity index (χ2n) is 8.77. The second kappa shape index (κ2) is 6.56. The maximum atomic E-state index is 12.9. The number of fused-ring (bicyclic) bond motifs is 2. The first-order chi connectivity index (χ1) is 13.8. The molecule has 0 saturated heterocycles. The van der Waals surface area contributed by atoms with Crippen LogP contribution in [0.1, 0.15) is 54.0 Å². The Morgan fingerprint density at radius 1 is 1.38 bits per heavy atom. The third-order valence-electron chi connectivity index (χ3n) is 5.98. The van der Waals surface area contributed by atoms with Gasteiger partial charge in [-0.3, -0.25) is 9.36 Å². The number of aliphatic carboxylic acids is 1. The van der Waals surface area contributed by atoms with Crippen molar-refractivity contribution in [2.75, 3.05) is 11.1 Å². The molecule has 0 radical (unpaired) electrons. The van der Waals surface area contributed by atoms with Crippen molar-refractivity contribution in [1.29, 1.82) is 0 Å². The average molecular weight is 406 g/mol. The molecule has 3 aliphatic rings. The molecule has 0 spiro atoms. The third-order valence-corrected chi connectivity index (χ3v) is 7.15. The van der Waals surface area contributed by atoms with E-state index in [4.69, 9.17) is 0 Å². The van der Waals surface area contributed by atoms with Gasteiger partial charge in [0.05, 0.1) is 5.03 Å². The summed E-state index contributed by atoms with van der Waals surface area (Å²) in [5, 5.41) is 14.0. The van der Waals surface area contributed by atoms with E-state index < -0.39 is 12.0 Å². The molecule has 2 aromatic rings. The van der Waals surface area contributed by atoms with Gasteiger partial charge in [-0.2, -0.15) is 0 Å². The zero-order valence-electron chi connectivity index (χ0n) is 16.6. The number of nitrogens with zero attached hydrogens (tertiary/aromatic N) is 1. The van der Waals surface area contributed by atoms with Gasteiger partial charge < -0.3 is 10.4 Å². The number of para-hydroxylation sites is 1. The molecule has 7 heteroatoms. The fraction of sp³-hybridized carbons (Fsp3) is 0.364. The number of carbonyl (C=O) groups is 1. The van der Waals surface area contributed by atoms with E-state index in [1.165, 1.54) is 27.5 Å². The fourth-order valence-electron chi connectivity index (χ4n) is 4.40. The monoisotopic (exact) mass is 406 g/mol. The van der Waals surface area contributed by atoms with Gasteiger partial charge in [0, 0.05) is 29.4 Å². The van der Waals surface area contributed by atoms with Gasteiger partial charge in [0.25, 0.3) is 5.56 Å². The second-order valence-corrected chi connectivity index (χ2v) is 9.78. The van der Waals surface area contributed by atoms with Gasteiger partial charge in [0.2, 0.25) is 0 Å². The number of thioether (sulfide) groups is 1. The highest BCUT2D eigenvalue weighted by atomic mass is 32.2. The van der Waals surface area contributed by atoms with Crippen LogP contribution in [0.4, 0.5) is 5.69 Å². The predicted octanol–water partition coefficient (Wildman–Crippen LogP) is 2.84. The van der Waals surface area contributed by atoms with E-state index in [9.17, 15) is 14.7 Å². The Bertz CT molecular complexity index is 1120. The first kappa shape index (κ1) is 18.6. The maximum Gasteiger partial charge on any atom is 0.327 e. The number of nitrogens with one attached hydrogen (secondary N) is 1. The Morgan fingerprint density at radius 3 is 2.90 bits per heavy atom. The van der Waals surface area contributed by atoms with E-state index in [1.807, 2.05) is 0 Å². The number of pyridine rings is 1. The summed E-state index contributed by atoms with van der Waals surface area (Å²) in [5.41, 5.74) is 5.38. The normalized spacial score (nSPS) is 24.7. The summed E-state index contributed by atoms with van der Waals surface area (Å²) in [6, 6.07) is 7.21. The Kier molecular flexibility index (Phi) is 4.21. The zero-order valence-corrected chi connectivity index (χ0v) is 17.4. The van der Waals surface area contributed by atoms with Gasteiger partial charge in [-0.1, -0.05) is 30.4 Å². The molecule has 1 saturated carbocycles. The Balaban J connectivity index is 1.61. The largest absolute Gasteiger partial charge is 0.480 e. The molecule has 148 valence electrons. The molecule has 29 heavy (non-hydrogen) atoms. The summed E-state index contributed by atoms with van der Waals surface area (Å²) in [7, 11) is 2.14. The van der Waals surface area contributed by atoms with Gasteiger partial charge in [0.15, 0.2) is 0 Å². The fourth-order valence-corrected chi connectivity index (χ4v) is 5.82. The first-order valence-corrected chi connectivity index (χ1v) is 11.1. The highest BCUT2D eigenvalue weighted by molar-refractivity contribution is 7.99. The summed E-state index contributed by atoms with van der Waals surface area (Å²) in [6.07, 6.45) is 7.21. The number of rotatable bonds is 4. The van der Waals surface area contributed by atoms with Crippen molar-refractivity contribution in [2.24, 2.45) is 0 Å². The molecule has 0 bridgehead atoms. The molecule has 2 unspecified atom stereocenters. The van der Waals surface area contributed by atoms with Gasteiger partial charge in [0.1, 0.15) is 13.9 Å². The van der Waals surface area contributed by atoms with Crippen LogP contribution in [-0.4, -0.2) is 34.7 Å². The lowest BCUT2D eigenvalue weighted by atomic mass is 9.76. The van der Waals surface area contributed by atoms with E-state index in [0.29, 0.717) is 18.1 Å². The quantitative estimate of drug-likeness (QED) is 0.765. The molecule has 1 aromatic carbocycles. The topological polar surface area (TPSA) is 71.3 Å². The lowest BCUT2D eigenvalue weighted by Crippen LogP contribution is -2.35. The zero-order chi connectivity index (χ0) is 20.3. The van der Waals surface area contributed by atoms with E-state index in [2.05, 4.69) is 50.4 Å². The van der Waals surface area contributed by atoms with Crippen molar-refractivity contribution in [2.45, 2.75) is 48.6 Å². The Labute approximate surface area is 174 Å². The standard InChI is InChI=1S/C22H23BN2O3S/c1-22(23)8-7-13-3-2-4-14(19(13)24-22)9-15-10-17(26)25-16(21(27)28)11-29-20(25)18(15)12-5-6-12/h2-4,7-8,10,12,16,24H,5-6,9,11,23H2,1H3,(H,27,28). The molecule has 1 aromatic heterocycles. The van der Waals surface area contributed by atoms with Crippen LogP contribution in [0, 0.1) is 0 Å². The van der Waals surface area contributed by atoms with Crippen LogP contribution in [0.5, 0.6) is 0 Å². The lowest BCUT2D eigenvalue weighted by molar-refractivity contribution is -0.140. The number of carboxylic acids is 1. The van der Waals surface area contributed by atoms with Crippen LogP contribution >= 0.6 is 11.8 Å². The van der Waals surface area contributed by atoms with Crippen molar-refractivity contribution >= 4 is 37.3 Å². The highest BCUT2D eigenvalue weighted by Gasteiger charge is 2.37. The Hall–Kier alpha value is -2.41. The molecule has 2 aliphatic heterocycles. The van der Waals surface area contributed by atoms with Crippen LogP contribution < -0.4 is 10.9 Å². The molecule has 0 amide bonds. The number of hydrogen-bond donors (Lipinski definition) is 2. The van der Waals surface area contributed by atoms with Gasteiger partial charge in [-0.15, -0.1) is 11.8 Å². The smallest absolute Gasteiger partial charge is 0.327 e. The van der Waals surface area contributed by atoms with Crippen LogP contribution in [0.2, 0.25) is 0 Å². The molecular weight excluding hydrogens is 383 g/mol. The van der Waals surface area contributed by atoms with Crippen molar-refractivity contribution in [3.8, 4) is 0 Å². The molecule has 2 atom stereocenters. The maximum absolute atomic E-state index is 12.9. The van der Waals surface area contributed by atoms with Crippen LogP contribution in [0.25, 0.3) is 6.08 Å². The Morgan fingerprint density at radius 2 is 2.17 bits per heavy atom. The number of anilines is 1. The van der Waals surface area contributed by atoms with Crippen molar-refractivity contribution < 1.29 is 9.90 Å². The van der Waals surface area contributed by atoms with Crippen LogP contribution in [-0.2, 0) is 11.2 Å². The summed E-state index contributed by atoms with van der Waals surface area (Å²) in [4.78, 5) is 24.5. The molecule has 3 heterocycles. The third kappa shape index (κ3) is 3.21. The van der Waals surface area contributed by atoms with Crippen LogP contribution in [0.3, 0.4) is 0 Å². The minimum Gasteiger partial charge on any atom is -0.480 e.